The van der Waals surface area contributed by atoms with Crippen LogP contribution in [0.15, 0.2) is 71.3 Å². The molecule has 0 spiro atoms. The number of benzene rings is 2. The Morgan fingerprint density at radius 2 is 1.91 bits per heavy atom. The fourth-order valence-electron chi connectivity index (χ4n) is 4.46. The minimum Gasteiger partial charge on any atom is -0.463 e. The maximum atomic E-state index is 13.9. The minimum absolute atomic E-state index is 0.150. The van der Waals surface area contributed by atoms with Crippen molar-refractivity contribution < 1.29 is 18.4 Å². The van der Waals surface area contributed by atoms with E-state index >= 15 is 0 Å². The van der Waals surface area contributed by atoms with Crippen LogP contribution in [0.5, 0.6) is 0 Å². The molecule has 5 rings (SSSR count). The second-order valence-electron chi connectivity index (χ2n) is 8.99. The van der Waals surface area contributed by atoms with E-state index in [1.54, 1.807) is 53.1 Å². The van der Waals surface area contributed by atoms with E-state index in [0.717, 1.165) is 16.7 Å². The Bertz CT molecular complexity index is 1410. The Balaban J connectivity index is 1.56. The van der Waals surface area contributed by atoms with Crippen LogP contribution in [-0.4, -0.2) is 27.1 Å². The van der Waals surface area contributed by atoms with Gasteiger partial charge in [-0.15, -0.1) is 0 Å². The van der Waals surface area contributed by atoms with Gasteiger partial charge in [0.2, 0.25) is 5.91 Å². The molecule has 1 N–H and O–H groups in total. The van der Waals surface area contributed by atoms with Crippen LogP contribution < -0.4 is 10.2 Å². The molecule has 0 aliphatic carbocycles. The van der Waals surface area contributed by atoms with Gasteiger partial charge in [0.15, 0.2) is 5.76 Å². The summed E-state index contributed by atoms with van der Waals surface area (Å²) in [7, 11) is 0. The molecule has 0 saturated carbocycles. The van der Waals surface area contributed by atoms with Gasteiger partial charge in [0.05, 0.1) is 12.8 Å². The minimum atomic E-state index is -1.27. The highest BCUT2D eigenvalue weighted by Gasteiger charge is 2.49. The maximum Gasteiger partial charge on any atom is 0.277 e. The third-order valence-corrected chi connectivity index (χ3v) is 6.60. The molecule has 2 aromatic heterocycles. The molecular weight excluding hydrogens is 447 g/mol. The molecule has 0 bridgehead atoms. The zero-order valence-electron chi connectivity index (χ0n) is 19.7. The van der Waals surface area contributed by atoms with E-state index in [0.29, 0.717) is 22.8 Å². The van der Waals surface area contributed by atoms with Gasteiger partial charge >= 0.3 is 0 Å². The third-order valence-electron chi connectivity index (χ3n) is 6.60. The molecule has 178 valence electrons. The number of nitrogens with one attached hydrogen (secondary N) is 1. The smallest absolute Gasteiger partial charge is 0.277 e. The van der Waals surface area contributed by atoms with Crippen LogP contribution in [0.1, 0.15) is 34.1 Å². The number of aryl methyl sites for hydroxylation is 1. The van der Waals surface area contributed by atoms with Gasteiger partial charge in [-0.1, -0.05) is 24.3 Å². The zero-order chi connectivity index (χ0) is 24.7. The fourth-order valence-corrected chi connectivity index (χ4v) is 4.46. The summed E-state index contributed by atoms with van der Waals surface area (Å²) in [6.45, 7) is 6.00. The molecule has 1 aliphatic rings. The molecule has 1 aliphatic heterocycles. The monoisotopic (exact) mass is 472 g/mol. The van der Waals surface area contributed by atoms with Crippen LogP contribution >= 0.6 is 0 Å². The number of fused-ring (bicyclic) bond motifs is 1. The van der Waals surface area contributed by atoms with Crippen LogP contribution in [0.25, 0.3) is 11.5 Å². The Labute approximate surface area is 202 Å². The van der Waals surface area contributed by atoms with E-state index in [-0.39, 0.29) is 30.7 Å². The van der Waals surface area contributed by atoms with Crippen molar-refractivity contribution in [3.63, 3.8) is 0 Å². The largest absolute Gasteiger partial charge is 0.463 e. The lowest BCUT2D eigenvalue weighted by molar-refractivity contribution is -0.126. The predicted octanol–water partition coefficient (Wildman–Crippen LogP) is 4.63. The fraction of sp³-hybridized carbons (Fsp3) is 0.222. The second-order valence-corrected chi connectivity index (χ2v) is 8.99. The summed E-state index contributed by atoms with van der Waals surface area (Å²) >= 11 is 0. The number of halogens is 1. The molecule has 3 heterocycles. The lowest BCUT2D eigenvalue weighted by Crippen LogP contribution is -2.64. The molecule has 0 unspecified atom stereocenters. The van der Waals surface area contributed by atoms with Crippen LogP contribution in [-0.2, 0) is 17.9 Å². The van der Waals surface area contributed by atoms with Gasteiger partial charge in [-0.05, 0) is 67.8 Å². The van der Waals surface area contributed by atoms with Crippen molar-refractivity contribution in [3.8, 4) is 11.5 Å². The number of carbonyl (C=O) groups is 2. The standard InChI is InChI=1S/C27H25FN4O3/c1-17-6-4-7-22(18(17)2)32-25(33)23-14-21(24-8-5-13-35-24)30-31(23)16-27(32,3)26(34)29-15-19-9-11-20(28)12-10-19/h4-14H,15-16H2,1-3H3,(H,29,34)/t27-/m1/s1. The molecule has 1 atom stereocenters. The third kappa shape index (κ3) is 3.90. The Hall–Kier alpha value is -4.20. The first kappa shape index (κ1) is 22.6. The molecule has 0 saturated heterocycles. The molecular formula is C27H25FN4O3. The van der Waals surface area contributed by atoms with E-state index in [1.165, 1.54) is 12.1 Å². The number of hydrogen-bond donors (Lipinski definition) is 1. The second kappa shape index (κ2) is 8.54. The van der Waals surface area contributed by atoms with Crippen molar-refractivity contribution in [2.24, 2.45) is 0 Å². The summed E-state index contributed by atoms with van der Waals surface area (Å²) in [6.07, 6.45) is 1.55. The van der Waals surface area contributed by atoms with Crippen molar-refractivity contribution in [1.82, 2.24) is 15.1 Å². The highest BCUT2D eigenvalue weighted by molar-refractivity contribution is 6.12. The first-order valence-electron chi connectivity index (χ1n) is 11.3. The summed E-state index contributed by atoms with van der Waals surface area (Å²) in [4.78, 5) is 29.2. The molecule has 8 heteroatoms. The Morgan fingerprint density at radius 1 is 1.14 bits per heavy atom. The Morgan fingerprint density at radius 3 is 2.63 bits per heavy atom. The normalized spacial score (nSPS) is 17.4. The molecule has 0 radical (unpaired) electrons. The molecule has 2 amide bonds. The average Bonchev–Trinajstić information content (AvgIpc) is 3.51. The van der Waals surface area contributed by atoms with Gasteiger partial charge in [-0.25, -0.2) is 4.39 Å². The predicted molar refractivity (Wildman–Crippen MR) is 129 cm³/mol. The lowest BCUT2D eigenvalue weighted by atomic mass is 9.92. The van der Waals surface area contributed by atoms with Crippen LogP contribution in [0, 0.1) is 19.7 Å². The molecule has 35 heavy (non-hydrogen) atoms. The van der Waals surface area contributed by atoms with E-state index in [1.807, 2.05) is 32.0 Å². The van der Waals surface area contributed by atoms with Crippen molar-refractivity contribution >= 4 is 17.5 Å². The quantitative estimate of drug-likeness (QED) is 0.459. The van der Waals surface area contributed by atoms with Crippen LogP contribution in [0.3, 0.4) is 0 Å². The number of furan rings is 1. The Kier molecular flexibility index (Phi) is 5.51. The summed E-state index contributed by atoms with van der Waals surface area (Å²) in [6, 6.07) is 16.9. The number of aromatic nitrogens is 2. The summed E-state index contributed by atoms with van der Waals surface area (Å²) in [5.74, 6) is -0.462. The first-order valence-corrected chi connectivity index (χ1v) is 11.3. The number of anilines is 1. The highest BCUT2D eigenvalue weighted by Crippen LogP contribution is 2.36. The van der Waals surface area contributed by atoms with Crippen LogP contribution in [0.2, 0.25) is 0 Å². The zero-order valence-corrected chi connectivity index (χ0v) is 19.7. The van der Waals surface area contributed by atoms with Gasteiger partial charge in [-0.3, -0.25) is 19.2 Å². The maximum absolute atomic E-state index is 13.9. The van der Waals surface area contributed by atoms with Gasteiger partial charge in [0, 0.05) is 18.3 Å². The molecule has 4 aromatic rings. The number of carbonyl (C=O) groups excluding carboxylic acids is 2. The van der Waals surface area contributed by atoms with Gasteiger partial charge in [0.25, 0.3) is 5.91 Å². The van der Waals surface area contributed by atoms with Crippen molar-refractivity contribution in [3.05, 3.63) is 95.1 Å². The van der Waals surface area contributed by atoms with E-state index in [4.69, 9.17) is 4.42 Å². The molecule has 0 fully saturated rings. The molecule has 7 nitrogen and oxygen atoms in total. The SMILES string of the molecule is Cc1cccc(N2C(=O)c3cc(-c4ccco4)nn3C[C@]2(C)C(=O)NCc2ccc(F)cc2)c1C. The van der Waals surface area contributed by atoms with Gasteiger partial charge in [-0.2, -0.15) is 5.10 Å². The number of amides is 2. The number of hydrogen-bond acceptors (Lipinski definition) is 4. The number of nitrogens with zero attached hydrogens (tertiary/aromatic N) is 3. The lowest BCUT2D eigenvalue weighted by Gasteiger charge is -2.43. The van der Waals surface area contributed by atoms with Gasteiger partial charge in [0.1, 0.15) is 22.7 Å². The van der Waals surface area contributed by atoms with Crippen molar-refractivity contribution in [2.75, 3.05) is 4.90 Å². The summed E-state index contributed by atoms with van der Waals surface area (Å²) in [5.41, 5.74) is 2.98. The average molecular weight is 473 g/mol. The summed E-state index contributed by atoms with van der Waals surface area (Å²) < 4.78 is 20.3. The van der Waals surface area contributed by atoms with E-state index in [2.05, 4.69) is 10.4 Å². The van der Waals surface area contributed by atoms with Crippen molar-refractivity contribution in [2.45, 2.75) is 39.4 Å². The van der Waals surface area contributed by atoms with Crippen LogP contribution in [0.4, 0.5) is 10.1 Å². The summed E-state index contributed by atoms with van der Waals surface area (Å²) in [5, 5.41) is 7.50. The van der Waals surface area contributed by atoms with E-state index < -0.39 is 5.54 Å². The van der Waals surface area contributed by atoms with Crippen molar-refractivity contribution in [1.29, 1.82) is 0 Å². The highest BCUT2D eigenvalue weighted by atomic mass is 19.1. The topological polar surface area (TPSA) is 80.4 Å². The van der Waals surface area contributed by atoms with E-state index in [9.17, 15) is 14.0 Å². The van der Waals surface area contributed by atoms with Gasteiger partial charge < -0.3 is 9.73 Å². The molecule has 2 aromatic carbocycles. The first-order chi connectivity index (χ1) is 16.8. The number of rotatable bonds is 5.